The molecule has 13 heavy (non-hydrogen) atoms. The van der Waals surface area contributed by atoms with Gasteiger partial charge in [-0.2, -0.15) is 0 Å². The first-order valence-electron chi connectivity index (χ1n) is 4.15. The molecule has 0 bridgehead atoms. The van der Waals surface area contributed by atoms with E-state index in [1.807, 2.05) is 31.2 Å². The van der Waals surface area contributed by atoms with Crippen LogP contribution in [0.4, 0.5) is 0 Å². The molecule has 0 radical (unpaired) electrons. The lowest BCUT2D eigenvalue weighted by molar-refractivity contribution is 0.937. The van der Waals surface area contributed by atoms with Crippen LogP contribution in [0.15, 0.2) is 48.7 Å². The molecule has 0 amide bonds. The molecule has 0 aromatic rings. The highest BCUT2D eigenvalue weighted by Gasteiger charge is 1.83. The molecule has 1 N–H and O–H groups in total. The predicted octanol–water partition coefficient (Wildman–Crippen LogP) is 2.41. The summed E-state index contributed by atoms with van der Waals surface area (Å²) in [6, 6.07) is 0. The van der Waals surface area contributed by atoms with E-state index in [1.54, 1.807) is 12.2 Å². The van der Waals surface area contributed by atoms with E-state index in [-0.39, 0.29) is 0 Å². The fraction of sp³-hybridized carbons (Fsp3) is 0.167. The van der Waals surface area contributed by atoms with Gasteiger partial charge in [0.1, 0.15) is 0 Å². The fourth-order valence-electron chi connectivity index (χ4n) is 0.706. The fourth-order valence-corrected chi connectivity index (χ4v) is 0.706. The third kappa shape index (κ3) is 6.71. The van der Waals surface area contributed by atoms with E-state index < -0.39 is 0 Å². The highest BCUT2D eigenvalue weighted by molar-refractivity contribution is 5.24. The highest BCUT2D eigenvalue weighted by atomic mass is 14.9. The van der Waals surface area contributed by atoms with Crippen LogP contribution < -0.4 is 5.32 Å². The first kappa shape index (κ1) is 11.3. The number of rotatable bonds is 5. The minimum absolute atomic E-state index is 0.754. The first-order chi connectivity index (χ1) is 6.35. The average Bonchev–Trinajstić information content (AvgIpc) is 2.16. The van der Waals surface area contributed by atoms with Crippen molar-refractivity contribution in [3.8, 4) is 12.3 Å². The Kier molecular flexibility index (Phi) is 7.33. The molecule has 0 spiro atoms. The van der Waals surface area contributed by atoms with Gasteiger partial charge in [-0.05, 0) is 13.0 Å². The lowest BCUT2D eigenvalue weighted by Crippen LogP contribution is -2.10. The summed E-state index contributed by atoms with van der Waals surface area (Å²) in [4.78, 5) is 0. The summed E-state index contributed by atoms with van der Waals surface area (Å²) in [5.41, 5.74) is 0.868. The molecule has 1 nitrogen and oxygen atoms in total. The lowest BCUT2D eigenvalue weighted by Gasteiger charge is -2.00. The molecule has 0 saturated heterocycles. The van der Waals surface area contributed by atoms with Crippen LogP contribution in [0.25, 0.3) is 0 Å². The molecule has 0 aliphatic rings. The Bertz CT molecular complexity index is 261. The van der Waals surface area contributed by atoms with E-state index in [2.05, 4.69) is 17.8 Å². The van der Waals surface area contributed by atoms with Crippen molar-refractivity contribution in [1.82, 2.24) is 5.32 Å². The summed E-state index contributed by atoms with van der Waals surface area (Å²) in [5, 5.41) is 3.11. The largest absolute Gasteiger partial charge is 0.381 e. The van der Waals surface area contributed by atoms with Crippen LogP contribution in [0.2, 0.25) is 0 Å². The monoisotopic (exact) mass is 173 g/mol. The average molecular weight is 173 g/mol. The van der Waals surface area contributed by atoms with Gasteiger partial charge in [0, 0.05) is 18.3 Å². The SMILES string of the molecule is C#C/C=C(\C=C)NC/C=C\C=C/C. The second kappa shape index (κ2) is 8.42. The predicted molar refractivity (Wildman–Crippen MR) is 59.1 cm³/mol. The molecular formula is C12H15N. The van der Waals surface area contributed by atoms with Crippen LogP contribution in [0.1, 0.15) is 6.92 Å². The summed E-state index contributed by atoms with van der Waals surface area (Å²) in [6.07, 6.45) is 16.4. The van der Waals surface area contributed by atoms with Crippen LogP contribution in [-0.4, -0.2) is 6.54 Å². The molecule has 0 aromatic heterocycles. The molecule has 0 unspecified atom stereocenters. The van der Waals surface area contributed by atoms with E-state index in [4.69, 9.17) is 6.42 Å². The maximum absolute atomic E-state index is 5.11. The van der Waals surface area contributed by atoms with Crippen LogP contribution in [0.3, 0.4) is 0 Å². The van der Waals surface area contributed by atoms with Crippen molar-refractivity contribution in [2.45, 2.75) is 6.92 Å². The van der Waals surface area contributed by atoms with E-state index in [9.17, 15) is 0 Å². The lowest BCUT2D eigenvalue weighted by atomic mass is 10.3. The van der Waals surface area contributed by atoms with Crippen molar-refractivity contribution >= 4 is 0 Å². The van der Waals surface area contributed by atoms with Crippen LogP contribution in [0, 0.1) is 12.3 Å². The molecule has 0 heterocycles. The number of nitrogens with one attached hydrogen (secondary N) is 1. The first-order valence-corrected chi connectivity index (χ1v) is 4.15. The van der Waals surface area contributed by atoms with Gasteiger partial charge < -0.3 is 5.32 Å². The zero-order valence-electron chi connectivity index (χ0n) is 7.96. The molecule has 0 saturated carbocycles. The van der Waals surface area contributed by atoms with Gasteiger partial charge in [0.25, 0.3) is 0 Å². The van der Waals surface area contributed by atoms with Gasteiger partial charge in [-0.25, -0.2) is 0 Å². The quantitative estimate of drug-likeness (QED) is 0.497. The van der Waals surface area contributed by atoms with Crippen LogP contribution >= 0.6 is 0 Å². The van der Waals surface area contributed by atoms with E-state index in [0.29, 0.717) is 0 Å². The number of terminal acetylenes is 1. The van der Waals surface area contributed by atoms with Gasteiger partial charge >= 0.3 is 0 Å². The number of hydrogen-bond acceptors (Lipinski definition) is 1. The Hall–Kier alpha value is -1.68. The van der Waals surface area contributed by atoms with E-state index in [1.165, 1.54) is 0 Å². The van der Waals surface area contributed by atoms with Gasteiger partial charge in [0.05, 0.1) is 0 Å². The van der Waals surface area contributed by atoms with Crippen molar-refractivity contribution in [3.63, 3.8) is 0 Å². The molecule has 0 aromatic carbocycles. The van der Waals surface area contributed by atoms with Crippen molar-refractivity contribution in [2.24, 2.45) is 0 Å². The van der Waals surface area contributed by atoms with Gasteiger partial charge in [-0.15, -0.1) is 6.42 Å². The minimum atomic E-state index is 0.754. The van der Waals surface area contributed by atoms with Gasteiger partial charge in [0.2, 0.25) is 0 Å². The molecule has 0 atom stereocenters. The topological polar surface area (TPSA) is 12.0 Å². The summed E-state index contributed by atoms with van der Waals surface area (Å²) in [7, 11) is 0. The standard InChI is InChI=1S/C12H15N/c1-4-7-8-9-11-13-12(6-3)10-5-2/h2,4,6-10,13H,3,11H2,1H3/b7-4-,9-8-,12-10+. The van der Waals surface area contributed by atoms with Crippen molar-refractivity contribution < 1.29 is 0 Å². The smallest absolute Gasteiger partial charge is 0.0421 e. The molecule has 0 fully saturated rings. The highest BCUT2D eigenvalue weighted by Crippen LogP contribution is 1.88. The molecule has 0 aliphatic carbocycles. The van der Waals surface area contributed by atoms with Crippen molar-refractivity contribution in [2.75, 3.05) is 6.54 Å². The second-order valence-electron chi connectivity index (χ2n) is 2.31. The zero-order chi connectivity index (χ0) is 9.94. The Morgan fingerprint density at radius 2 is 2.31 bits per heavy atom. The van der Waals surface area contributed by atoms with E-state index in [0.717, 1.165) is 12.2 Å². The van der Waals surface area contributed by atoms with E-state index >= 15 is 0 Å². The summed E-state index contributed by atoms with van der Waals surface area (Å²) >= 11 is 0. The third-order valence-electron chi connectivity index (χ3n) is 1.32. The zero-order valence-corrected chi connectivity index (χ0v) is 7.96. The summed E-state index contributed by atoms with van der Waals surface area (Å²) < 4.78 is 0. The molecule has 68 valence electrons. The van der Waals surface area contributed by atoms with Crippen LogP contribution in [0.5, 0.6) is 0 Å². The van der Waals surface area contributed by atoms with Gasteiger partial charge in [-0.1, -0.05) is 36.8 Å². The molecular weight excluding hydrogens is 158 g/mol. The Morgan fingerprint density at radius 1 is 1.54 bits per heavy atom. The maximum Gasteiger partial charge on any atom is 0.0421 e. The maximum atomic E-state index is 5.11. The third-order valence-corrected chi connectivity index (χ3v) is 1.32. The Morgan fingerprint density at radius 3 is 2.85 bits per heavy atom. The molecule has 1 heteroatoms. The summed E-state index contributed by atoms with van der Waals surface area (Å²) in [6.45, 7) is 6.36. The second-order valence-corrected chi connectivity index (χ2v) is 2.31. The summed E-state index contributed by atoms with van der Waals surface area (Å²) in [5.74, 6) is 2.44. The molecule has 0 rings (SSSR count). The Balaban J connectivity index is 3.82. The minimum Gasteiger partial charge on any atom is -0.381 e. The number of allylic oxidation sites excluding steroid dienone is 5. The van der Waals surface area contributed by atoms with Crippen molar-refractivity contribution in [3.05, 3.63) is 48.7 Å². The van der Waals surface area contributed by atoms with Gasteiger partial charge in [-0.3, -0.25) is 0 Å². The Labute approximate surface area is 80.5 Å². The van der Waals surface area contributed by atoms with Crippen molar-refractivity contribution in [1.29, 1.82) is 0 Å². The van der Waals surface area contributed by atoms with Crippen LogP contribution in [-0.2, 0) is 0 Å². The molecule has 0 aliphatic heterocycles. The number of hydrogen-bond donors (Lipinski definition) is 1. The normalized spacial score (nSPS) is 11.8. The van der Waals surface area contributed by atoms with Gasteiger partial charge in [0.15, 0.2) is 0 Å².